The number of hydrogen-bond donors (Lipinski definition) is 2. The van der Waals surface area contributed by atoms with Crippen molar-refractivity contribution >= 4 is 5.78 Å². The highest BCUT2D eigenvalue weighted by atomic mass is 16.5. The van der Waals surface area contributed by atoms with Gasteiger partial charge in [0.1, 0.15) is 0 Å². The molecule has 0 aromatic rings. The molecule has 1 fully saturated rings. The van der Waals surface area contributed by atoms with Crippen LogP contribution in [0.15, 0.2) is 23.8 Å². The monoisotopic (exact) mass is 338 g/mol. The number of rotatable bonds is 8. The lowest BCUT2D eigenvalue weighted by molar-refractivity contribution is -0.118. The summed E-state index contributed by atoms with van der Waals surface area (Å²) >= 11 is 0. The molecule has 0 radical (unpaired) electrons. The number of aliphatic hydroxyl groups is 2. The molecule has 0 spiro atoms. The first-order chi connectivity index (χ1) is 11.3. The molecule has 0 aromatic carbocycles. The van der Waals surface area contributed by atoms with Crippen molar-refractivity contribution in [1.82, 2.24) is 0 Å². The third-order valence-electron chi connectivity index (χ3n) is 4.85. The van der Waals surface area contributed by atoms with Gasteiger partial charge in [-0.25, -0.2) is 0 Å². The second-order valence-corrected chi connectivity index (χ2v) is 7.50. The van der Waals surface area contributed by atoms with E-state index in [1.54, 1.807) is 12.2 Å². The number of ketones is 1. The van der Waals surface area contributed by atoms with Crippen LogP contribution in [0.25, 0.3) is 0 Å². The standard InChI is InChI=1S/C20H34O4/c1-15(2)7-9-18(22)16(3)6-5-12-20(4)19(23)10-8-17(11-13-21)14-24-20/h7,9,11,15-16,19,21,23H,5-6,8,10,12-14H2,1-4H3/t16?,19-,20+/m1/s1. The zero-order chi connectivity index (χ0) is 18.2. The fraction of sp³-hybridized carbons (Fsp3) is 0.750. The molecule has 0 bridgehead atoms. The van der Waals surface area contributed by atoms with E-state index >= 15 is 0 Å². The lowest BCUT2D eigenvalue weighted by Gasteiger charge is -2.33. The number of hydrogen-bond acceptors (Lipinski definition) is 4. The summed E-state index contributed by atoms with van der Waals surface area (Å²) in [6.07, 6.45) is 8.65. The maximum Gasteiger partial charge on any atom is 0.158 e. The van der Waals surface area contributed by atoms with Crippen LogP contribution in [0, 0.1) is 11.8 Å². The maximum atomic E-state index is 12.0. The van der Waals surface area contributed by atoms with E-state index in [1.165, 1.54) is 0 Å². The number of allylic oxidation sites excluding steroid dienone is 2. The number of ether oxygens (including phenoxy) is 1. The van der Waals surface area contributed by atoms with E-state index in [9.17, 15) is 9.90 Å². The van der Waals surface area contributed by atoms with Crippen LogP contribution in [0.2, 0.25) is 0 Å². The van der Waals surface area contributed by atoms with Gasteiger partial charge in [0.05, 0.1) is 24.9 Å². The van der Waals surface area contributed by atoms with Crippen molar-refractivity contribution in [1.29, 1.82) is 0 Å². The molecule has 1 aliphatic heterocycles. The molecule has 3 atom stereocenters. The van der Waals surface area contributed by atoms with Crippen molar-refractivity contribution in [3.63, 3.8) is 0 Å². The molecular formula is C20H34O4. The average molecular weight is 338 g/mol. The third-order valence-corrected chi connectivity index (χ3v) is 4.85. The topological polar surface area (TPSA) is 66.8 Å². The molecule has 4 heteroatoms. The fourth-order valence-corrected chi connectivity index (χ4v) is 2.94. The number of carbonyl (C=O) groups is 1. The van der Waals surface area contributed by atoms with Gasteiger partial charge in [-0.3, -0.25) is 4.79 Å². The molecule has 1 heterocycles. The molecule has 0 saturated carbocycles. The Balaban J connectivity index is 2.50. The Hall–Kier alpha value is -0.970. The van der Waals surface area contributed by atoms with Crippen LogP contribution in [0.4, 0.5) is 0 Å². The van der Waals surface area contributed by atoms with Gasteiger partial charge in [0, 0.05) is 5.92 Å². The Kier molecular flexibility index (Phi) is 8.88. The van der Waals surface area contributed by atoms with Gasteiger partial charge in [-0.05, 0) is 56.6 Å². The summed E-state index contributed by atoms with van der Waals surface area (Å²) in [5, 5.41) is 19.4. The minimum atomic E-state index is -0.582. The van der Waals surface area contributed by atoms with Crippen LogP contribution in [-0.4, -0.2) is 40.9 Å². The summed E-state index contributed by atoms with van der Waals surface area (Å²) in [7, 11) is 0. The van der Waals surface area contributed by atoms with E-state index in [2.05, 4.69) is 13.8 Å². The van der Waals surface area contributed by atoms with Crippen LogP contribution in [0.5, 0.6) is 0 Å². The Morgan fingerprint density at radius 1 is 1.42 bits per heavy atom. The van der Waals surface area contributed by atoms with E-state index in [1.807, 2.05) is 19.9 Å². The average Bonchev–Trinajstić information content (AvgIpc) is 2.66. The Morgan fingerprint density at radius 3 is 2.75 bits per heavy atom. The molecule has 24 heavy (non-hydrogen) atoms. The second kappa shape index (κ2) is 10.1. The van der Waals surface area contributed by atoms with Crippen LogP contribution in [0.1, 0.15) is 59.8 Å². The van der Waals surface area contributed by atoms with Crippen molar-refractivity contribution in [3.8, 4) is 0 Å². The van der Waals surface area contributed by atoms with E-state index in [0.717, 1.165) is 31.3 Å². The molecule has 1 aliphatic rings. The van der Waals surface area contributed by atoms with E-state index in [-0.39, 0.29) is 18.3 Å². The summed E-state index contributed by atoms with van der Waals surface area (Å²) in [4.78, 5) is 12.0. The van der Waals surface area contributed by atoms with Gasteiger partial charge >= 0.3 is 0 Å². The Morgan fingerprint density at radius 2 is 2.12 bits per heavy atom. The summed E-state index contributed by atoms with van der Waals surface area (Å²) < 4.78 is 5.96. The molecule has 1 unspecified atom stereocenters. The molecule has 1 saturated heterocycles. The van der Waals surface area contributed by atoms with Crippen molar-refractivity contribution in [2.75, 3.05) is 13.2 Å². The van der Waals surface area contributed by atoms with Crippen molar-refractivity contribution in [2.45, 2.75) is 71.5 Å². The third kappa shape index (κ3) is 6.88. The quantitative estimate of drug-likeness (QED) is 0.526. The summed E-state index contributed by atoms with van der Waals surface area (Å²) in [6, 6.07) is 0. The van der Waals surface area contributed by atoms with E-state index in [4.69, 9.17) is 9.84 Å². The lowest BCUT2D eigenvalue weighted by Crippen LogP contribution is -2.41. The largest absolute Gasteiger partial charge is 0.392 e. The van der Waals surface area contributed by atoms with Crippen LogP contribution >= 0.6 is 0 Å². The van der Waals surface area contributed by atoms with Gasteiger partial charge in [0.2, 0.25) is 0 Å². The van der Waals surface area contributed by atoms with Crippen molar-refractivity contribution in [3.05, 3.63) is 23.8 Å². The van der Waals surface area contributed by atoms with Gasteiger partial charge in [-0.1, -0.05) is 32.9 Å². The van der Waals surface area contributed by atoms with Crippen molar-refractivity contribution in [2.24, 2.45) is 11.8 Å². The lowest BCUT2D eigenvalue weighted by atomic mass is 9.87. The zero-order valence-corrected chi connectivity index (χ0v) is 15.6. The highest BCUT2D eigenvalue weighted by Crippen LogP contribution is 2.31. The maximum absolute atomic E-state index is 12.0. The highest BCUT2D eigenvalue weighted by Gasteiger charge is 2.35. The molecule has 4 nitrogen and oxygen atoms in total. The van der Waals surface area contributed by atoms with Gasteiger partial charge in [-0.2, -0.15) is 0 Å². The van der Waals surface area contributed by atoms with Gasteiger partial charge in [-0.15, -0.1) is 0 Å². The minimum absolute atomic E-state index is 0.00336. The molecular weight excluding hydrogens is 304 g/mol. The molecule has 138 valence electrons. The van der Waals surface area contributed by atoms with Crippen LogP contribution < -0.4 is 0 Å². The van der Waals surface area contributed by atoms with E-state index < -0.39 is 11.7 Å². The predicted molar refractivity (Wildman–Crippen MR) is 96.8 cm³/mol. The minimum Gasteiger partial charge on any atom is -0.392 e. The number of aliphatic hydroxyl groups excluding tert-OH is 2. The summed E-state index contributed by atoms with van der Waals surface area (Å²) in [6.45, 7) is 8.49. The van der Waals surface area contributed by atoms with Crippen LogP contribution in [0.3, 0.4) is 0 Å². The van der Waals surface area contributed by atoms with Gasteiger partial charge < -0.3 is 14.9 Å². The highest BCUT2D eigenvalue weighted by molar-refractivity contribution is 5.91. The smallest absolute Gasteiger partial charge is 0.158 e. The predicted octanol–water partition coefficient (Wildman–Crippen LogP) is 3.42. The molecule has 0 amide bonds. The van der Waals surface area contributed by atoms with Crippen molar-refractivity contribution < 1.29 is 19.7 Å². The van der Waals surface area contributed by atoms with Crippen LogP contribution in [-0.2, 0) is 9.53 Å². The SMILES string of the molecule is CC(C)C=CC(=O)C(C)CCC[C@]1(C)OCC(=CCO)CC[C@H]1O. The molecule has 0 aromatic heterocycles. The zero-order valence-electron chi connectivity index (χ0n) is 15.6. The molecule has 0 aliphatic carbocycles. The fourth-order valence-electron chi connectivity index (χ4n) is 2.94. The van der Waals surface area contributed by atoms with E-state index in [0.29, 0.717) is 18.9 Å². The first-order valence-electron chi connectivity index (χ1n) is 9.11. The normalized spacial score (nSPS) is 28.5. The Labute approximate surface area is 146 Å². The first kappa shape index (κ1) is 21.1. The number of carbonyl (C=O) groups excluding carboxylic acids is 1. The van der Waals surface area contributed by atoms with Gasteiger partial charge in [0.25, 0.3) is 0 Å². The summed E-state index contributed by atoms with van der Waals surface area (Å²) in [5.41, 5.74) is 0.462. The second-order valence-electron chi connectivity index (χ2n) is 7.50. The molecule has 1 rings (SSSR count). The Bertz CT molecular complexity index is 453. The summed E-state index contributed by atoms with van der Waals surface area (Å²) in [5.74, 6) is 0.552. The first-order valence-corrected chi connectivity index (χ1v) is 9.11. The molecule has 2 N–H and O–H groups in total. The van der Waals surface area contributed by atoms with Gasteiger partial charge in [0.15, 0.2) is 5.78 Å².